The van der Waals surface area contributed by atoms with E-state index >= 15 is 0 Å². The van der Waals surface area contributed by atoms with E-state index in [1.54, 1.807) is 0 Å². The molecule has 4 heteroatoms. The van der Waals surface area contributed by atoms with Crippen LogP contribution in [0.15, 0.2) is 54.6 Å². The molecule has 0 amide bonds. The van der Waals surface area contributed by atoms with Gasteiger partial charge in [-0.1, -0.05) is 66.8 Å². The fourth-order valence-corrected chi connectivity index (χ4v) is 2.57. The number of carbonyl (C=O) groups is 1. The lowest BCUT2D eigenvalue weighted by Gasteiger charge is -2.17. The number of nitrogens with one attached hydrogen (secondary N) is 1. The third kappa shape index (κ3) is 4.67. The molecule has 0 spiro atoms. The van der Waals surface area contributed by atoms with Gasteiger partial charge in [0, 0.05) is 12.8 Å². The van der Waals surface area contributed by atoms with Crippen LogP contribution in [0.5, 0.6) is 0 Å². The average Bonchev–Trinajstić information content (AvgIpc) is 2.50. The number of carboxylic acid groups (broad SMARTS) is 1. The molecule has 2 aromatic rings. The number of hydrogen-bond donors (Lipinski definition) is 2. The van der Waals surface area contributed by atoms with Crippen molar-refractivity contribution in [2.75, 3.05) is 0 Å². The minimum atomic E-state index is -0.893. The van der Waals surface area contributed by atoms with Crippen LogP contribution in [-0.2, 0) is 17.6 Å². The van der Waals surface area contributed by atoms with Crippen LogP contribution in [0.25, 0.3) is 0 Å². The van der Waals surface area contributed by atoms with E-state index in [0.29, 0.717) is 17.8 Å². The molecule has 0 unspecified atom stereocenters. The quantitative estimate of drug-likeness (QED) is 0.804. The van der Waals surface area contributed by atoms with Gasteiger partial charge in [-0.2, -0.15) is 0 Å². The summed E-state index contributed by atoms with van der Waals surface area (Å²) >= 11 is 5.33. The van der Waals surface area contributed by atoms with Crippen molar-refractivity contribution < 1.29 is 9.90 Å². The molecule has 0 saturated carbocycles. The van der Waals surface area contributed by atoms with Crippen molar-refractivity contribution in [1.82, 2.24) is 5.32 Å². The minimum Gasteiger partial charge on any atom is -0.480 e. The van der Waals surface area contributed by atoms with E-state index in [-0.39, 0.29) is 0 Å². The Morgan fingerprint density at radius 1 is 1.14 bits per heavy atom. The highest BCUT2D eigenvalue weighted by Crippen LogP contribution is 2.09. The molecule has 0 aromatic heterocycles. The number of aliphatic carboxylic acids is 1. The molecule has 1 atom stereocenters. The molecular weight excluding hydrogens is 294 g/mol. The third-order valence-electron chi connectivity index (χ3n) is 3.53. The molecular formula is C18H19NO2S. The fraction of sp³-hybridized carbons (Fsp3) is 0.222. The molecule has 0 radical (unpaired) electrons. The summed E-state index contributed by atoms with van der Waals surface area (Å²) in [6.07, 6.45) is 0.963. The second-order valence-electron chi connectivity index (χ2n) is 5.25. The van der Waals surface area contributed by atoms with Crippen LogP contribution < -0.4 is 5.32 Å². The molecule has 2 rings (SSSR count). The zero-order valence-electron chi connectivity index (χ0n) is 12.5. The van der Waals surface area contributed by atoms with E-state index in [1.807, 2.05) is 61.5 Å². The molecule has 0 aliphatic heterocycles. The van der Waals surface area contributed by atoms with Crippen molar-refractivity contribution >= 4 is 23.2 Å². The lowest BCUT2D eigenvalue weighted by atomic mass is 10.0. The number of carboxylic acids is 1. The summed E-state index contributed by atoms with van der Waals surface area (Å²) in [5, 5.41) is 12.4. The van der Waals surface area contributed by atoms with Gasteiger partial charge in [-0.25, -0.2) is 4.79 Å². The normalized spacial score (nSPS) is 11.7. The predicted molar refractivity (Wildman–Crippen MR) is 92.2 cm³/mol. The van der Waals surface area contributed by atoms with Crippen molar-refractivity contribution in [2.24, 2.45) is 0 Å². The molecule has 0 aliphatic rings. The maximum absolute atomic E-state index is 11.4. The largest absolute Gasteiger partial charge is 0.480 e. The Balaban J connectivity index is 2.00. The van der Waals surface area contributed by atoms with Gasteiger partial charge in [0.05, 0.1) is 4.99 Å². The van der Waals surface area contributed by atoms with Crippen molar-refractivity contribution in [3.63, 3.8) is 0 Å². The van der Waals surface area contributed by atoms with Gasteiger partial charge in [-0.3, -0.25) is 0 Å². The van der Waals surface area contributed by atoms with E-state index in [2.05, 4.69) is 5.32 Å². The summed E-state index contributed by atoms with van der Waals surface area (Å²) in [6.45, 7) is 2.02. The Morgan fingerprint density at radius 2 is 1.77 bits per heavy atom. The van der Waals surface area contributed by atoms with Crippen LogP contribution in [0.2, 0.25) is 0 Å². The highest BCUT2D eigenvalue weighted by atomic mass is 32.1. The van der Waals surface area contributed by atoms with Gasteiger partial charge < -0.3 is 10.4 Å². The Hall–Kier alpha value is -2.20. The van der Waals surface area contributed by atoms with Crippen LogP contribution in [-0.4, -0.2) is 22.1 Å². The van der Waals surface area contributed by atoms with Gasteiger partial charge in [0.15, 0.2) is 0 Å². The summed E-state index contributed by atoms with van der Waals surface area (Å²) < 4.78 is 0. The second kappa shape index (κ2) is 7.71. The van der Waals surface area contributed by atoms with Crippen LogP contribution >= 0.6 is 12.2 Å². The van der Waals surface area contributed by atoms with Gasteiger partial charge in [0.1, 0.15) is 6.04 Å². The minimum absolute atomic E-state index is 0.407. The molecule has 0 fully saturated rings. The van der Waals surface area contributed by atoms with Crippen molar-refractivity contribution in [3.05, 3.63) is 71.3 Å². The second-order valence-corrected chi connectivity index (χ2v) is 5.74. The summed E-state index contributed by atoms with van der Waals surface area (Å²) in [5.41, 5.74) is 3.24. The highest BCUT2D eigenvalue weighted by Gasteiger charge is 2.19. The van der Waals surface area contributed by atoms with Crippen molar-refractivity contribution in [1.29, 1.82) is 0 Å². The summed E-state index contributed by atoms with van der Waals surface area (Å²) in [4.78, 5) is 12.0. The van der Waals surface area contributed by atoms with Crippen molar-refractivity contribution in [2.45, 2.75) is 25.8 Å². The Kier molecular flexibility index (Phi) is 5.67. The van der Waals surface area contributed by atoms with E-state index in [0.717, 1.165) is 16.7 Å². The molecule has 2 N–H and O–H groups in total. The lowest BCUT2D eigenvalue weighted by Crippen LogP contribution is -2.42. The van der Waals surface area contributed by atoms with E-state index in [4.69, 9.17) is 12.2 Å². The summed E-state index contributed by atoms with van der Waals surface area (Å²) in [6, 6.07) is 16.8. The zero-order valence-corrected chi connectivity index (χ0v) is 13.3. The predicted octanol–water partition coefficient (Wildman–Crippen LogP) is 3.15. The standard InChI is InChI=1S/C18H19NO2S/c1-13-7-5-6-10-15(13)12-17(22)19-16(18(20)21)11-14-8-3-2-4-9-14/h2-10,16H,11-12H2,1H3,(H,19,22)(H,20,21)/t16-/m0/s1. The summed E-state index contributed by atoms with van der Waals surface area (Å²) in [7, 11) is 0. The third-order valence-corrected chi connectivity index (χ3v) is 3.79. The van der Waals surface area contributed by atoms with Gasteiger partial charge in [-0.15, -0.1) is 0 Å². The lowest BCUT2D eigenvalue weighted by molar-refractivity contribution is -0.139. The maximum atomic E-state index is 11.4. The van der Waals surface area contributed by atoms with Gasteiger partial charge in [0.2, 0.25) is 0 Å². The Labute approximate surface area is 136 Å². The zero-order chi connectivity index (χ0) is 15.9. The number of rotatable bonds is 6. The number of hydrogen-bond acceptors (Lipinski definition) is 2. The van der Waals surface area contributed by atoms with E-state index in [9.17, 15) is 9.90 Å². The van der Waals surface area contributed by atoms with Crippen LogP contribution in [0.4, 0.5) is 0 Å². The number of aryl methyl sites for hydroxylation is 1. The Morgan fingerprint density at radius 3 is 2.41 bits per heavy atom. The van der Waals surface area contributed by atoms with Crippen LogP contribution in [0.3, 0.4) is 0 Å². The SMILES string of the molecule is Cc1ccccc1CC(=S)N[C@@H](Cc1ccccc1)C(=O)O. The topological polar surface area (TPSA) is 49.3 Å². The molecule has 22 heavy (non-hydrogen) atoms. The molecule has 2 aromatic carbocycles. The van der Waals surface area contributed by atoms with Gasteiger partial charge >= 0.3 is 5.97 Å². The smallest absolute Gasteiger partial charge is 0.326 e. The highest BCUT2D eigenvalue weighted by molar-refractivity contribution is 7.80. The first-order chi connectivity index (χ1) is 10.6. The average molecular weight is 313 g/mol. The van der Waals surface area contributed by atoms with Crippen LogP contribution in [0.1, 0.15) is 16.7 Å². The monoisotopic (exact) mass is 313 g/mol. The first-order valence-corrected chi connectivity index (χ1v) is 7.57. The molecule has 114 valence electrons. The number of thiocarbonyl (C=S) groups is 1. The molecule has 0 saturated heterocycles. The molecule has 0 aliphatic carbocycles. The van der Waals surface area contributed by atoms with Gasteiger partial charge in [0.25, 0.3) is 0 Å². The van der Waals surface area contributed by atoms with Crippen molar-refractivity contribution in [3.8, 4) is 0 Å². The van der Waals surface area contributed by atoms with E-state index in [1.165, 1.54) is 0 Å². The van der Waals surface area contributed by atoms with Gasteiger partial charge in [-0.05, 0) is 23.6 Å². The first kappa shape index (κ1) is 16.2. The first-order valence-electron chi connectivity index (χ1n) is 7.17. The molecule has 0 bridgehead atoms. The van der Waals surface area contributed by atoms with Crippen LogP contribution in [0, 0.1) is 6.92 Å². The molecule has 0 heterocycles. The summed E-state index contributed by atoms with van der Waals surface area (Å²) in [5.74, 6) is -0.893. The number of benzene rings is 2. The maximum Gasteiger partial charge on any atom is 0.326 e. The fourth-order valence-electron chi connectivity index (χ4n) is 2.28. The Bertz CT molecular complexity index is 655. The molecule has 3 nitrogen and oxygen atoms in total. The van der Waals surface area contributed by atoms with E-state index < -0.39 is 12.0 Å².